The van der Waals surface area contributed by atoms with Crippen LogP contribution < -0.4 is 0 Å². The molecule has 0 aromatic heterocycles. The van der Waals surface area contributed by atoms with E-state index in [0.717, 1.165) is 9.26 Å². The van der Waals surface area contributed by atoms with Gasteiger partial charge in [0.1, 0.15) is 0 Å². The molecule has 0 N–H and O–H groups in total. The van der Waals surface area contributed by atoms with Gasteiger partial charge in [-0.3, -0.25) is 4.79 Å². The Labute approximate surface area is 132 Å². The third kappa shape index (κ3) is 3.66. The van der Waals surface area contributed by atoms with Gasteiger partial charge in [0.2, 0.25) is 5.78 Å². The highest BCUT2D eigenvalue weighted by atomic mass is 127. The summed E-state index contributed by atoms with van der Waals surface area (Å²) in [6, 6.07) is 17.0. The number of hydrogen-bond acceptors (Lipinski definition) is 2. The van der Waals surface area contributed by atoms with E-state index >= 15 is 0 Å². The minimum Gasteiger partial charge on any atom is -0.359 e. The molecular weight excluding hydrogens is 363 g/mol. The van der Waals surface area contributed by atoms with Gasteiger partial charge in [0, 0.05) is 23.2 Å². The van der Waals surface area contributed by atoms with Crippen molar-refractivity contribution in [2.45, 2.75) is 0 Å². The number of nitrogens with zero attached hydrogens (tertiary/aromatic N) is 2. The Hall–Kier alpha value is -1.69. The standard InChI is InChI=1S/C16H15IN2O/c1-19(2)16(18-14-6-4-3-5-7-14)15(20)12-8-10-13(17)11-9-12/h3-11H,1-2H3. The number of carbonyl (C=O) groups excluding carboxylic acids is 1. The molecule has 0 saturated heterocycles. The molecule has 0 aliphatic carbocycles. The lowest BCUT2D eigenvalue weighted by Gasteiger charge is -2.14. The zero-order valence-corrected chi connectivity index (χ0v) is 13.5. The zero-order chi connectivity index (χ0) is 14.5. The molecule has 2 rings (SSSR count). The monoisotopic (exact) mass is 378 g/mol. The SMILES string of the molecule is CN(C)C(=Nc1ccccc1)C(=O)c1ccc(I)cc1. The highest BCUT2D eigenvalue weighted by Gasteiger charge is 2.16. The van der Waals surface area contributed by atoms with Crippen molar-refractivity contribution in [1.82, 2.24) is 4.90 Å². The second-order valence-corrected chi connectivity index (χ2v) is 5.75. The van der Waals surface area contributed by atoms with Gasteiger partial charge in [0.05, 0.1) is 5.69 Å². The second kappa shape index (κ2) is 6.65. The first-order valence-corrected chi connectivity index (χ1v) is 7.27. The first-order chi connectivity index (χ1) is 9.58. The van der Waals surface area contributed by atoms with Crippen LogP contribution in [0.4, 0.5) is 5.69 Å². The fraction of sp³-hybridized carbons (Fsp3) is 0.125. The average Bonchev–Trinajstić information content (AvgIpc) is 2.45. The molecule has 102 valence electrons. The number of amidine groups is 1. The number of hydrogen-bond donors (Lipinski definition) is 0. The van der Waals surface area contributed by atoms with Crippen molar-refractivity contribution in [2.75, 3.05) is 14.1 Å². The van der Waals surface area contributed by atoms with Gasteiger partial charge in [0.25, 0.3) is 0 Å². The molecule has 4 heteroatoms. The smallest absolute Gasteiger partial charge is 0.228 e. The zero-order valence-electron chi connectivity index (χ0n) is 11.4. The van der Waals surface area contributed by atoms with Crippen molar-refractivity contribution in [1.29, 1.82) is 0 Å². The minimum absolute atomic E-state index is 0.0738. The molecule has 2 aromatic rings. The molecule has 3 nitrogen and oxygen atoms in total. The summed E-state index contributed by atoms with van der Waals surface area (Å²) in [5, 5.41) is 0. The summed E-state index contributed by atoms with van der Waals surface area (Å²) in [4.78, 5) is 18.7. The Bertz CT molecular complexity index is 619. The maximum Gasteiger partial charge on any atom is 0.228 e. The van der Waals surface area contributed by atoms with Crippen LogP contribution in [-0.4, -0.2) is 30.6 Å². The topological polar surface area (TPSA) is 32.7 Å². The van der Waals surface area contributed by atoms with Crippen LogP contribution in [0.1, 0.15) is 10.4 Å². The molecule has 0 aliphatic rings. The normalized spacial score (nSPS) is 11.2. The van der Waals surface area contributed by atoms with E-state index in [1.807, 2.05) is 68.7 Å². The van der Waals surface area contributed by atoms with Gasteiger partial charge in [-0.05, 0) is 59.0 Å². The maximum atomic E-state index is 12.5. The lowest BCUT2D eigenvalue weighted by molar-refractivity contribution is 0.105. The van der Waals surface area contributed by atoms with Gasteiger partial charge in [-0.25, -0.2) is 4.99 Å². The second-order valence-electron chi connectivity index (χ2n) is 4.50. The van der Waals surface area contributed by atoms with E-state index in [9.17, 15) is 4.79 Å². The van der Waals surface area contributed by atoms with Crippen LogP contribution in [0.25, 0.3) is 0 Å². The third-order valence-corrected chi connectivity index (χ3v) is 3.44. The Morgan fingerprint density at radius 2 is 1.60 bits per heavy atom. The predicted molar refractivity (Wildman–Crippen MR) is 90.7 cm³/mol. The van der Waals surface area contributed by atoms with Gasteiger partial charge >= 0.3 is 0 Å². The molecule has 0 bridgehead atoms. The van der Waals surface area contributed by atoms with E-state index < -0.39 is 0 Å². The molecule has 0 spiro atoms. The molecule has 0 fully saturated rings. The highest BCUT2D eigenvalue weighted by molar-refractivity contribution is 14.1. The molecule has 0 aliphatic heterocycles. The van der Waals surface area contributed by atoms with Crippen LogP contribution in [-0.2, 0) is 0 Å². The van der Waals surface area contributed by atoms with Crippen LogP contribution in [0.15, 0.2) is 59.6 Å². The van der Waals surface area contributed by atoms with E-state index in [2.05, 4.69) is 27.6 Å². The third-order valence-electron chi connectivity index (χ3n) is 2.72. The Morgan fingerprint density at radius 1 is 1.00 bits per heavy atom. The molecule has 0 saturated carbocycles. The fourth-order valence-electron chi connectivity index (χ4n) is 1.71. The number of halogens is 1. The first kappa shape index (κ1) is 14.7. The molecule has 0 heterocycles. The Kier molecular flexibility index (Phi) is 4.89. The summed E-state index contributed by atoms with van der Waals surface area (Å²) in [6.07, 6.45) is 0. The molecular formula is C16H15IN2O. The number of ketones is 1. The van der Waals surface area contributed by atoms with E-state index in [1.54, 1.807) is 4.90 Å². The number of para-hydroxylation sites is 1. The summed E-state index contributed by atoms with van der Waals surface area (Å²) < 4.78 is 1.10. The van der Waals surface area contributed by atoms with E-state index in [1.165, 1.54) is 0 Å². The van der Waals surface area contributed by atoms with Gasteiger partial charge in [-0.15, -0.1) is 0 Å². The lowest BCUT2D eigenvalue weighted by atomic mass is 10.1. The summed E-state index contributed by atoms with van der Waals surface area (Å²) in [5.74, 6) is 0.354. The first-order valence-electron chi connectivity index (χ1n) is 6.19. The van der Waals surface area contributed by atoms with Gasteiger partial charge in [0.15, 0.2) is 5.84 Å². The number of benzene rings is 2. The van der Waals surface area contributed by atoms with Gasteiger partial charge in [-0.2, -0.15) is 0 Å². The average molecular weight is 378 g/mol. The molecule has 0 atom stereocenters. The summed E-state index contributed by atoms with van der Waals surface area (Å²) in [5.41, 5.74) is 1.42. The number of likely N-dealkylation sites (N-methyl/N-ethyl adjacent to an activating group) is 1. The maximum absolute atomic E-state index is 12.5. The van der Waals surface area contributed by atoms with Crippen LogP contribution in [0.2, 0.25) is 0 Å². The quantitative estimate of drug-likeness (QED) is 0.353. The van der Waals surface area contributed by atoms with Crippen molar-refractivity contribution in [2.24, 2.45) is 4.99 Å². The van der Waals surface area contributed by atoms with Crippen LogP contribution in [0.5, 0.6) is 0 Å². The van der Waals surface area contributed by atoms with Crippen LogP contribution in [0, 0.1) is 3.57 Å². The van der Waals surface area contributed by atoms with Crippen molar-refractivity contribution in [3.8, 4) is 0 Å². The largest absolute Gasteiger partial charge is 0.359 e. The number of aliphatic imine (C=N–C) groups is 1. The fourth-order valence-corrected chi connectivity index (χ4v) is 2.07. The van der Waals surface area contributed by atoms with Gasteiger partial charge in [-0.1, -0.05) is 18.2 Å². The van der Waals surface area contributed by atoms with Crippen molar-refractivity contribution < 1.29 is 4.79 Å². The molecule has 0 amide bonds. The van der Waals surface area contributed by atoms with E-state index in [4.69, 9.17) is 0 Å². The van der Waals surface area contributed by atoms with E-state index in [0.29, 0.717) is 11.4 Å². The molecule has 20 heavy (non-hydrogen) atoms. The lowest BCUT2D eigenvalue weighted by Crippen LogP contribution is -2.30. The number of rotatable bonds is 3. The van der Waals surface area contributed by atoms with E-state index in [-0.39, 0.29) is 5.78 Å². The van der Waals surface area contributed by atoms with Crippen LogP contribution >= 0.6 is 22.6 Å². The predicted octanol–water partition coefficient (Wildman–Crippen LogP) is 3.77. The van der Waals surface area contributed by atoms with Crippen LogP contribution in [0.3, 0.4) is 0 Å². The van der Waals surface area contributed by atoms with Crippen molar-refractivity contribution in [3.63, 3.8) is 0 Å². The summed E-state index contributed by atoms with van der Waals surface area (Å²) in [7, 11) is 3.65. The Balaban J connectivity index is 2.36. The van der Waals surface area contributed by atoms with Crippen molar-refractivity contribution >= 4 is 39.9 Å². The van der Waals surface area contributed by atoms with Crippen molar-refractivity contribution in [3.05, 3.63) is 63.7 Å². The molecule has 0 radical (unpaired) electrons. The number of Topliss-reactive ketones (excluding diaryl/α,β-unsaturated/α-hetero) is 1. The summed E-state index contributed by atoms with van der Waals surface area (Å²) in [6.45, 7) is 0. The highest BCUT2D eigenvalue weighted by Crippen LogP contribution is 2.14. The number of carbonyl (C=O) groups is 1. The minimum atomic E-state index is -0.0738. The molecule has 0 unspecified atom stereocenters. The molecule has 2 aromatic carbocycles. The Morgan fingerprint density at radius 3 is 2.15 bits per heavy atom. The van der Waals surface area contributed by atoms with Gasteiger partial charge < -0.3 is 4.90 Å². The summed E-state index contributed by atoms with van der Waals surface area (Å²) >= 11 is 2.22.